The first-order valence-corrected chi connectivity index (χ1v) is 5.61. The SMILES string of the molecule is Cl.c1ccc(CCn2nc3ccccc3n2)nc1. The number of halogens is 1. The molecule has 2 aromatic heterocycles. The van der Waals surface area contributed by atoms with E-state index in [9.17, 15) is 0 Å². The van der Waals surface area contributed by atoms with Crippen LogP contribution in [0.15, 0.2) is 48.7 Å². The maximum Gasteiger partial charge on any atom is 0.113 e. The van der Waals surface area contributed by atoms with E-state index in [2.05, 4.69) is 15.2 Å². The van der Waals surface area contributed by atoms with Crippen LogP contribution in [0.1, 0.15) is 5.69 Å². The molecule has 0 fully saturated rings. The van der Waals surface area contributed by atoms with Crippen molar-refractivity contribution in [3.63, 3.8) is 0 Å². The Kier molecular flexibility index (Phi) is 3.89. The lowest BCUT2D eigenvalue weighted by molar-refractivity contribution is 0.540. The molecule has 0 unspecified atom stereocenters. The van der Waals surface area contributed by atoms with Crippen molar-refractivity contribution in [3.8, 4) is 0 Å². The van der Waals surface area contributed by atoms with Gasteiger partial charge < -0.3 is 0 Å². The summed E-state index contributed by atoms with van der Waals surface area (Å²) in [5.41, 5.74) is 2.94. The highest BCUT2D eigenvalue weighted by Crippen LogP contribution is 2.07. The molecule has 0 saturated carbocycles. The van der Waals surface area contributed by atoms with Gasteiger partial charge in [0, 0.05) is 18.3 Å². The van der Waals surface area contributed by atoms with E-state index in [0.29, 0.717) is 0 Å². The van der Waals surface area contributed by atoms with E-state index in [4.69, 9.17) is 0 Å². The Morgan fingerprint density at radius 2 is 1.56 bits per heavy atom. The van der Waals surface area contributed by atoms with E-state index in [1.54, 1.807) is 4.80 Å². The second-order valence-electron chi connectivity index (χ2n) is 3.86. The number of nitrogens with zero attached hydrogens (tertiary/aromatic N) is 4. The summed E-state index contributed by atoms with van der Waals surface area (Å²) in [6.45, 7) is 0.756. The summed E-state index contributed by atoms with van der Waals surface area (Å²) in [6.07, 6.45) is 2.66. The highest BCUT2D eigenvalue weighted by Gasteiger charge is 2.01. The first kappa shape index (κ1) is 12.5. The molecule has 5 heteroatoms. The summed E-state index contributed by atoms with van der Waals surface area (Å²) in [6, 6.07) is 13.8. The molecule has 2 heterocycles. The van der Waals surface area contributed by atoms with Crippen molar-refractivity contribution in [1.29, 1.82) is 0 Å². The number of aromatic nitrogens is 4. The third-order valence-electron chi connectivity index (χ3n) is 2.62. The number of hydrogen-bond acceptors (Lipinski definition) is 3. The number of fused-ring (bicyclic) bond motifs is 1. The third-order valence-corrected chi connectivity index (χ3v) is 2.62. The molecule has 0 radical (unpaired) electrons. The summed E-state index contributed by atoms with van der Waals surface area (Å²) in [4.78, 5) is 6.01. The molecule has 0 N–H and O–H groups in total. The summed E-state index contributed by atoms with van der Waals surface area (Å²) in [7, 11) is 0. The molecule has 0 spiro atoms. The normalized spacial score (nSPS) is 10.2. The van der Waals surface area contributed by atoms with Crippen LogP contribution in [0.2, 0.25) is 0 Å². The zero-order valence-electron chi connectivity index (χ0n) is 9.73. The summed E-state index contributed by atoms with van der Waals surface area (Å²) in [5.74, 6) is 0. The fourth-order valence-electron chi connectivity index (χ4n) is 1.76. The zero-order chi connectivity index (χ0) is 11.5. The number of hydrogen-bond donors (Lipinski definition) is 0. The molecule has 0 aliphatic carbocycles. The Morgan fingerprint density at radius 1 is 0.889 bits per heavy atom. The van der Waals surface area contributed by atoms with Gasteiger partial charge in [-0.1, -0.05) is 18.2 Å². The summed E-state index contributed by atoms with van der Waals surface area (Å²) < 4.78 is 0. The Balaban J connectivity index is 0.00000120. The Hall–Kier alpha value is -1.94. The Labute approximate surface area is 111 Å². The van der Waals surface area contributed by atoms with E-state index < -0.39 is 0 Å². The van der Waals surface area contributed by atoms with E-state index >= 15 is 0 Å². The molecule has 0 aliphatic heterocycles. The average Bonchev–Trinajstić information content (AvgIpc) is 2.80. The van der Waals surface area contributed by atoms with Gasteiger partial charge in [0.1, 0.15) is 11.0 Å². The van der Waals surface area contributed by atoms with Crippen molar-refractivity contribution in [2.45, 2.75) is 13.0 Å². The van der Waals surface area contributed by atoms with Gasteiger partial charge in [-0.2, -0.15) is 15.0 Å². The van der Waals surface area contributed by atoms with Gasteiger partial charge in [0.2, 0.25) is 0 Å². The van der Waals surface area contributed by atoms with Crippen molar-refractivity contribution in [2.75, 3.05) is 0 Å². The minimum atomic E-state index is 0. The highest BCUT2D eigenvalue weighted by atomic mass is 35.5. The molecule has 18 heavy (non-hydrogen) atoms. The van der Waals surface area contributed by atoms with Crippen LogP contribution in [0.5, 0.6) is 0 Å². The van der Waals surface area contributed by atoms with Crippen LogP contribution in [-0.2, 0) is 13.0 Å². The first-order chi connectivity index (χ1) is 8.42. The quantitative estimate of drug-likeness (QED) is 0.727. The fraction of sp³-hybridized carbons (Fsp3) is 0.154. The Bertz CT molecular complexity index is 588. The predicted molar refractivity (Wildman–Crippen MR) is 72.7 cm³/mol. The third kappa shape index (κ3) is 2.65. The van der Waals surface area contributed by atoms with E-state index in [1.165, 1.54) is 0 Å². The van der Waals surface area contributed by atoms with E-state index in [0.717, 1.165) is 29.7 Å². The topological polar surface area (TPSA) is 43.6 Å². The number of benzene rings is 1. The van der Waals surface area contributed by atoms with Crippen LogP contribution in [-0.4, -0.2) is 20.0 Å². The number of rotatable bonds is 3. The first-order valence-electron chi connectivity index (χ1n) is 5.61. The van der Waals surface area contributed by atoms with Crippen molar-refractivity contribution < 1.29 is 0 Å². The summed E-state index contributed by atoms with van der Waals surface area (Å²) >= 11 is 0. The smallest absolute Gasteiger partial charge is 0.113 e. The molecule has 1 aromatic carbocycles. The molecule has 0 saturated heterocycles. The molecule has 0 atom stereocenters. The van der Waals surface area contributed by atoms with E-state index in [1.807, 2.05) is 48.7 Å². The Morgan fingerprint density at radius 3 is 2.17 bits per heavy atom. The molecule has 3 aromatic rings. The van der Waals surface area contributed by atoms with E-state index in [-0.39, 0.29) is 12.4 Å². The molecule has 3 rings (SSSR count). The molecular weight excluding hydrogens is 248 g/mol. The standard InChI is InChI=1S/C13H12N4.ClH/c1-2-7-13-12(6-1)15-17(16-13)10-8-11-5-3-4-9-14-11;/h1-7,9H,8,10H2;1H. The van der Waals surface area contributed by atoms with Crippen LogP contribution in [0, 0.1) is 0 Å². The van der Waals surface area contributed by atoms with Crippen LogP contribution in [0.3, 0.4) is 0 Å². The lowest BCUT2D eigenvalue weighted by Gasteiger charge is -1.98. The van der Waals surface area contributed by atoms with Gasteiger partial charge in [-0.3, -0.25) is 4.98 Å². The van der Waals surface area contributed by atoms with Gasteiger partial charge in [-0.15, -0.1) is 12.4 Å². The van der Waals surface area contributed by atoms with Crippen molar-refractivity contribution >= 4 is 23.4 Å². The fourth-order valence-corrected chi connectivity index (χ4v) is 1.76. The van der Waals surface area contributed by atoms with Crippen LogP contribution in [0.25, 0.3) is 11.0 Å². The second kappa shape index (κ2) is 5.60. The molecule has 4 nitrogen and oxygen atoms in total. The number of pyridine rings is 1. The summed E-state index contributed by atoms with van der Waals surface area (Å²) in [5, 5.41) is 8.81. The van der Waals surface area contributed by atoms with Gasteiger partial charge in [-0.05, 0) is 24.3 Å². The highest BCUT2D eigenvalue weighted by molar-refractivity contribution is 5.85. The van der Waals surface area contributed by atoms with Gasteiger partial charge in [0.25, 0.3) is 0 Å². The molecule has 0 aliphatic rings. The van der Waals surface area contributed by atoms with Crippen molar-refractivity contribution in [2.24, 2.45) is 0 Å². The second-order valence-corrected chi connectivity index (χ2v) is 3.86. The monoisotopic (exact) mass is 260 g/mol. The lowest BCUT2D eigenvalue weighted by atomic mass is 10.3. The lowest BCUT2D eigenvalue weighted by Crippen LogP contribution is -2.05. The predicted octanol–water partition coefficient (Wildman–Crippen LogP) is 2.49. The van der Waals surface area contributed by atoms with Crippen LogP contribution < -0.4 is 0 Å². The molecule has 92 valence electrons. The maximum atomic E-state index is 4.41. The largest absolute Gasteiger partial charge is 0.261 e. The van der Waals surface area contributed by atoms with Gasteiger partial charge >= 0.3 is 0 Å². The maximum absolute atomic E-state index is 4.41. The van der Waals surface area contributed by atoms with Gasteiger partial charge in [0.05, 0.1) is 6.54 Å². The molecular formula is C13H13ClN4. The van der Waals surface area contributed by atoms with Crippen LogP contribution >= 0.6 is 12.4 Å². The molecule has 0 amide bonds. The minimum Gasteiger partial charge on any atom is -0.261 e. The van der Waals surface area contributed by atoms with Gasteiger partial charge in [-0.25, -0.2) is 0 Å². The molecule has 0 bridgehead atoms. The van der Waals surface area contributed by atoms with Crippen LogP contribution in [0.4, 0.5) is 0 Å². The van der Waals surface area contributed by atoms with Gasteiger partial charge in [0.15, 0.2) is 0 Å². The zero-order valence-corrected chi connectivity index (χ0v) is 10.5. The van der Waals surface area contributed by atoms with Crippen molar-refractivity contribution in [1.82, 2.24) is 20.0 Å². The average molecular weight is 261 g/mol. The number of aryl methyl sites for hydroxylation is 2. The van der Waals surface area contributed by atoms with Crippen molar-refractivity contribution in [3.05, 3.63) is 54.4 Å². The minimum absolute atomic E-state index is 0.